The van der Waals surface area contributed by atoms with E-state index in [1.165, 1.54) is 30.3 Å². The van der Waals surface area contributed by atoms with Gasteiger partial charge in [0, 0.05) is 43.8 Å². The average Bonchev–Trinajstić information content (AvgIpc) is 3.84. The van der Waals surface area contributed by atoms with Crippen LogP contribution >= 0.6 is 0 Å². The Labute approximate surface area is 321 Å². The van der Waals surface area contributed by atoms with Gasteiger partial charge in [0.25, 0.3) is 0 Å². The molecule has 1 aliphatic heterocycles. The normalized spacial score (nSPS) is 17.6. The van der Waals surface area contributed by atoms with Gasteiger partial charge in [-0.2, -0.15) is 0 Å². The number of benzene rings is 2. The third-order valence-electron chi connectivity index (χ3n) is 10.4. The van der Waals surface area contributed by atoms with E-state index in [0.717, 1.165) is 37.7 Å². The number of carboxylic acids is 1. The second-order valence-corrected chi connectivity index (χ2v) is 15.2. The fraction of sp³-hybridized carbons (Fsp3) is 0.512. The van der Waals surface area contributed by atoms with Gasteiger partial charge in [0.2, 0.25) is 23.6 Å². The van der Waals surface area contributed by atoms with Gasteiger partial charge in [0.1, 0.15) is 24.4 Å². The van der Waals surface area contributed by atoms with E-state index in [4.69, 9.17) is 4.74 Å². The Bertz CT molecular complexity index is 1760. The van der Waals surface area contributed by atoms with Crippen LogP contribution in [-0.2, 0) is 32.0 Å². The summed E-state index contributed by atoms with van der Waals surface area (Å²) in [6.07, 6.45) is 7.40. The van der Waals surface area contributed by atoms with Crippen molar-refractivity contribution in [3.05, 3.63) is 83.4 Å². The summed E-state index contributed by atoms with van der Waals surface area (Å²) in [6, 6.07) is 9.73. The summed E-state index contributed by atoms with van der Waals surface area (Å²) in [5.74, 6) is -2.17. The number of aromatic amines is 1. The zero-order chi connectivity index (χ0) is 39.5. The predicted octanol–water partition coefficient (Wildman–Crippen LogP) is 3.71. The van der Waals surface area contributed by atoms with E-state index < -0.39 is 54.0 Å². The molecule has 1 aliphatic carbocycles. The quantitative estimate of drug-likeness (QED) is 0.112. The molecule has 5 rings (SSSR count). The van der Waals surface area contributed by atoms with Crippen LogP contribution < -0.4 is 20.7 Å². The number of nitrogens with one attached hydrogen (secondary N) is 4. The van der Waals surface area contributed by atoms with E-state index in [0.29, 0.717) is 30.0 Å². The van der Waals surface area contributed by atoms with Crippen molar-refractivity contribution >= 4 is 29.6 Å². The molecule has 6 N–H and O–H groups in total. The van der Waals surface area contributed by atoms with Crippen LogP contribution in [0.15, 0.2) is 61.1 Å². The molecule has 2 aromatic carbocycles. The Morgan fingerprint density at radius 1 is 0.982 bits per heavy atom. The maximum atomic E-state index is 14.6. The number of amides is 4. The highest BCUT2D eigenvalue weighted by atomic mass is 16.5. The summed E-state index contributed by atoms with van der Waals surface area (Å²) < 4.78 is 5.88. The van der Waals surface area contributed by atoms with Gasteiger partial charge in [0.15, 0.2) is 0 Å². The molecule has 0 spiro atoms. The van der Waals surface area contributed by atoms with Crippen LogP contribution in [-0.4, -0.2) is 92.1 Å². The third kappa shape index (κ3) is 11.4. The van der Waals surface area contributed by atoms with E-state index >= 15 is 0 Å². The number of aromatic nitrogens is 2. The van der Waals surface area contributed by atoms with Crippen molar-refractivity contribution in [2.24, 2.45) is 11.8 Å². The van der Waals surface area contributed by atoms with E-state index in [9.17, 15) is 34.2 Å². The third-order valence-corrected chi connectivity index (χ3v) is 10.4. The molecule has 14 heteroatoms. The van der Waals surface area contributed by atoms with Gasteiger partial charge in [0.05, 0.1) is 36.5 Å². The monoisotopic (exact) mass is 758 g/mol. The van der Waals surface area contributed by atoms with Crippen LogP contribution in [0.1, 0.15) is 98.9 Å². The highest BCUT2D eigenvalue weighted by Crippen LogP contribution is 2.38. The van der Waals surface area contributed by atoms with Crippen molar-refractivity contribution in [2.45, 2.75) is 109 Å². The molecule has 2 aliphatic rings. The molecular weight excluding hydrogens is 704 g/mol. The number of ether oxygens (including phenoxy) is 1. The van der Waals surface area contributed by atoms with Crippen molar-refractivity contribution in [1.82, 2.24) is 30.8 Å². The maximum Gasteiger partial charge on any atom is 0.335 e. The number of aliphatic hydroxyl groups is 1. The number of fused-ring (bicyclic) bond motifs is 1. The Morgan fingerprint density at radius 2 is 1.73 bits per heavy atom. The van der Waals surface area contributed by atoms with Crippen molar-refractivity contribution in [3.8, 4) is 5.75 Å². The van der Waals surface area contributed by atoms with Crippen molar-refractivity contribution in [1.29, 1.82) is 0 Å². The van der Waals surface area contributed by atoms with Crippen LogP contribution in [0.3, 0.4) is 0 Å². The van der Waals surface area contributed by atoms with Gasteiger partial charge in [-0.15, -0.1) is 0 Å². The fourth-order valence-electron chi connectivity index (χ4n) is 7.57. The lowest BCUT2D eigenvalue weighted by Gasteiger charge is -2.36. The van der Waals surface area contributed by atoms with Gasteiger partial charge in [-0.25, -0.2) is 9.78 Å². The molecule has 1 aromatic heterocycles. The number of rotatable bonds is 18. The Morgan fingerprint density at radius 3 is 2.38 bits per heavy atom. The number of imidazole rings is 1. The van der Waals surface area contributed by atoms with Gasteiger partial charge >= 0.3 is 5.97 Å². The van der Waals surface area contributed by atoms with E-state index in [1.807, 2.05) is 44.2 Å². The average molecular weight is 759 g/mol. The molecule has 0 saturated heterocycles. The summed E-state index contributed by atoms with van der Waals surface area (Å²) in [6.45, 7) is 5.76. The van der Waals surface area contributed by atoms with Gasteiger partial charge in [-0.05, 0) is 42.0 Å². The zero-order valence-electron chi connectivity index (χ0n) is 31.8. The van der Waals surface area contributed by atoms with Gasteiger partial charge < -0.3 is 40.8 Å². The lowest BCUT2D eigenvalue weighted by atomic mass is 9.83. The van der Waals surface area contributed by atoms with E-state index in [2.05, 4.69) is 25.9 Å². The minimum absolute atomic E-state index is 0.0000949. The number of H-pyrrole nitrogens is 1. The molecule has 296 valence electrons. The van der Waals surface area contributed by atoms with E-state index in [1.54, 1.807) is 12.3 Å². The first kappa shape index (κ1) is 40.9. The number of carbonyl (C=O) groups excluding carboxylic acids is 4. The summed E-state index contributed by atoms with van der Waals surface area (Å²) >= 11 is 0. The molecule has 0 radical (unpaired) electrons. The highest BCUT2D eigenvalue weighted by molar-refractivity contribution is 5.93. The molecule has 5 atom stereocenters. The first-order valence-corrected chi connectivity index (χ1v) is 19.2. The molecule has 14 nitrogen and oxygen atoms in total. The van der Waals surface area contributed by atoms with Gasteiger partial charge in [-0.3, -0.25) is 19.2 Å². The first-order chi connectivity index (χ1) is 26.4. The summed E-state index contributed by atoms with van der Waals surface area (Å²) in [5.41, 5.74) is 1.80. The Hall–Kier alpha value is -5.24. The van der Waals surface area contributed by atoms with Crippen LogP contribution in [0.2, 0.25) is 0 Å². The van der Waals surface area contributed by atoms with Crippen LogP contribution in [0.4, 0.5) is 0 Å². The van der Waals surface area contributed by atoms with Crippen molar-refractivity contribution in [3.63, 3.8) is 0 Å². The smallest absolute Gasteiger partial charge is 0.335 e. The van der Waals surface area contributed by atoms with Crippen LogP contribution in [0, 0.1) is 11.8 Å². The lowest BCUT2D eigenvalue weighted by Crippen LogP contribution is -2.58. The second-order valence-electron chi connectivity index (χ2n) is 15.2. The number of carbonyl (C=O) groups is 5. The van der Waals surface area contributed by atoms with Crippen LogP contribution in [0.5, 0.6) is 5.75 Å². The summed E-state index contributed by atoms with van der Waals surface area (Å²) in [7, 11) is 0. The Kier molecular flexibility index (Phi) is 14.4. The maximum absolute atomic E-state index is 14.6. The standard InChI is InChI=1S/C41H54N6O8/c1-25(2)21-43-38(50)20-36(49)32(16-27-10-6-4-7-11-27)45-39(51)33(19-30-22-42-24-44-30)46-40(52)34(17-28-12-8-5-9-13-28)47(26(3)48)35-23-55-37-15-14-29(41(53)54)18-31(35)37/h5,8-9,12-15,18,22,24-25,27,32-36,49H,4,6-7,10-11,16-17,19-21,23H2,1-3H3,(H,42,44)(H,43,50)(H,45,51)(H,46,52)(H,53,54)/t32?,33-,34-,35?,36?/m0/s1. The minimum atomic E-state index is -1.17. The molecule has 1 fully saturated rings. The molecular formula is C41H54N6O8. The zero-order valence-corrected chi connectivity index (χ0v) is 31.8. The molecule has 0 bridgehead atoms. The number of hydrogen-bond donors (Lipinski definition) is 6. The minimum Gasteiger partial charge on any atom is -0.491 e. The Balaban J connectivity index is 1.44. The lowest BCUT2D eigenvalue weighted by molar-refractivity contribution is -0.143. The molecule has 4 amide bonds. The largest absolute Gasteiger partial charge is 0.491 e. The first-order valence-electron chi connectivity index (χ1n) is 19.2. The number of hydrogen-bond acceptors (Lipinski definition) is 8. The number of carboxylic acid groups (broad SMARTS) is 1. The molecule has 3 unspecified atom stereocenters. The SMILES string of the molecule is CC(=O)N(C1COc2ccc(C(=O)O)cc21)[C@@H](Cc1ccccc1)C(=O)N[C@@H](Cc1cnc[nH]1)C(=O)NC(CC1CCCCC1)C(O)CC(=O)NCC(C)C. The topological polar surface area (TPSA) is 203 Å². The number of nitrogens with zero attached hydrogens (tertiary/aromatic N) is 2. The molecule has 1 saturated carbocycles. The number of aromatic carboxylic acids is 1. The summed E-state index contributed by atoms with van der Waals surface area (Å²) in [5, 5.41) is 29.9. The molecule has 55 heavy (non-hydrogen) atoms. The van der Waals surface area contributed by atoms with Gasteiger partial charge in [-0.1, -0.05) is 76.3 Å². The summed E-state index contributed by atoms with van der Waals surface area (Å²) in [4.78, 5) is 75.7. The number of aliphatic hydroxyl groups excluding tert-OH is 1. The highest BCUT2D eigenvalue weighted by Gasteiger charge is 2.41. The van der Waals surface area contributed by atoms with Crippen LogP contribution in [0.25, 0.3) is 0 Å². The van der Waals surface area contributed by atoms with Crippen molar-refractivity contribution in [2.75, 3.05) is 13.2 Å². The van der Waals surface area contributed by atoms with Crippen molar-refractivity contribution < 1.29 is 38.9 Å². The van der Waals surface area contributed by atoms with E-state index in [-0.39, 0.29) is 49.2 Å². The fourth-order valence-corrected chi connectivity index (χ4v) is 7.57. The predicted molar refractivity (Wildman–Crippen MR) is 204 cm³/mol. The molecule has 3 aromatic rings. The molecule has 2 heterocycles. The second kappa shape index (κ2) is 19.4.